The SMILES string of the molecule is C=C1Cc2cc(CCN3C(=O)CO[C@@H]3c3cn(-c4ccc(Br)cc4)nc3-c3ccc(F)cc3)ccc2N1.C=C1Cc2cc(CCN3C(=O)CO[C@@H]3c3cn(-c4ccc(F)cc4)nc3-c3ccc(F)cc3)ccc2N1.O=C1Cc2ccc(CCN3C(=O)COC3c3cn(-c4ccc(Br)cc4)nc3-c3ccc(F)cc3)cc2N1.O=C1Cc2ccc(CCN3C(=O)COC3c3cn(-c4ccc(F)cc4)nc3-c3ccc(F)cc3)cc2N1. The van der Waals surface area contributed by atoms with Gasteiger partial charge in [0, 0.05) is 151 Å². The molecule has 2 unspecified atom stereocenters. The van der Waals surface area contributed by atoms with Crippen LogP contribution >= 0.6 is 31.9 Å². The summed E-state index contributed by atoms with van der Waals surface area (Å²) in [5.41, 5.74) is 25.4. The van der Waals surface area contributed by atoms with E-state index >= 15 is 0 Å². The van der Waals surface area contributed by atoms with E-state index in [-0.39, 0.29) is 96.8 Å². The summed E-state index contributed by atoms with van der Waals surface area (Å²) >= 11 is 6.92. The maximum Gasteiger partial charge on any atom is 0.250 e. The molecular weight excluding hydrogens is 2030 g/mol. The van der Waals surface area contributed by atoms with E-state index in [0.29, 0.717) is 121 Å². The van der Waals surface area contributed by atoms with E-state index < -0.39 is 24.9 Å². The number of amides is 6. The molecule has 24 rings (SSSR count). The van der Waals surface area contributed by atoms with Gasteiger partial charge in [-0.15, -0.1) is 0 Å². The zero-order valence-corrected chi connectivity index (χ0v) is 82.4. The zero-order valence-electron chi connectivity index (χ0n) is 79.2. The van der Waals surface area contributed by atoms with Crippen molar-refractivity contribution in [2.75, 3.05) is 73.9 Å². The molecule has 34 heteroatoms. The lowest BCUT2D eigenvalue weighted by Crippen LogP contribution is -2.30. The molecular formula is C114H92Br2F6N16O10. The summed E-state index contributed by atoms with van der Waals surface area (Å²) in [5, 5.41) is 31.3. The van der Waals surface area contributed by atoms with Crippen LogP contribution in [0.25, 0.3) is 67.8 Å². The number of hydrogen-bond donors (Lipinski definition) is 4. The molecule has 0 spiro atoms. The number of allylic oxidation sites excluding steroid dienone is 2. The smallest absolute Gasteiger partial charge is 0.250 e. The number of ether oxygens (including phenoxy) is 4. The van der Waals surface area contributed by atoms with Gasteiger partial charge in [0.1, 0.15) is 84.1 Å². The number of fused-ring (bicyclic) bond motifs is 4. The quantitative estimate of drug-likeness (QED) is 0.0409. The van der Waals surface area contributed by atoms with Gasteiger partial charge in [-0.2, -0.15) is 20.4 Å². The number of nitrogens with one attached hydrogen (secondary N) is 4. The predicted molar refractivity (Wildman–Crippen MR) is 551 cm³/mol. The minimum atomic E-state index is -0.698. The van der Waals surface area contributed by atoms with Gasteiger partial charge >= 0.3 is 0 Å². The maximum atomic E-state index is 13.7. The first-order valence-corrected chi connectivity index (χ1v) is 49.4. The highest BCUT2D eigenvalue weighted by Gasteiger charge is 2.42. The lowest BCUT2D eigenvalue weighted by molar-refractivity contribution is -0.128. The maximum absolute atomic E-state index is 13.7. The molecule has 0 bridgehead atoms. The number of halogens is 8. The molecule has 0 radical (unpaired) electrons. The number of nitrogens with zero attached hydrogens (tertiary/aromatic N) is 12. The van der Waals surface area contributed by atoms with Crippen molar-refractivity contribution in [1.82, 2.24) is 58.7 Å². The standard InChI is InChI=1S/C29H24BrFN4O2.C29H24F2N4O2.C28H22BrFN4O3.C28H22F2N4O3/c1-18-14-21-15-19(2-11-26(21)32-18)12-13-34-27(36)17-37-29(34)25-16-35(24-9-5-22(30)6-10-24)33-28(25)20-3-7-23(31)8-4-20;1-18-14-21-15-19(2-11-26(21)32-18)12-13-34-27(36)17-37-29(34)25-16-35(24-9-7-23(31)8-10-24)33-28(25)20-3-5-22(30)6-4-20;29-20-5-9-22(10-6-20)34-15-23(27(32-34)18-3-7-21(30)8-4-18)28-33(26(36)16-37-28)12-11-17-1-2-19-14-25(35)31-24(19)13-17;29-20-5-3-18(4-6-20)27-23(15-34(32-27)22-9-7-21(30)8-10-22)28-33(26(36)16-37-28)12-11-17-1-2-19-14-25(35)31-24(19)13-17/h2*2-11,15-16,29,32H,1,12-14,17H2;2*1-10,13,15,28H,11-12,14,16H2,(H,31,35)/t2*29-;;/m11../s1. The Hall–Kier alpha value is -16.2. The van der Waals surface area contributed by atoms with Crippen LogP contribution in [0.1, 0.15) is 91.7 Å². The normalized spacial score (nSPS) is 16.8. The van der Waals surface area contributed by atoms with Gasteiger partial charge in [-0.1, -0.05) is 93.5 Å². The van der Waals surface area contributed by atoms with E-state index in [1.165, 1.54) is 83.9 Å². The lowest BCUT2D eigenvalue weighted by Gasteiger charge is -2.23. The van der Waals surface area contributed by atoms with E-state index in [0.717, 1.165) is 123 Å². The number of rotatable bonds is 24. The Balaban J connectivity index is 0.000000116. The van der Waals surface area contributed by atoms with Crippen LogP contribution in [-0.4, -0.2) is 147 Å². The highest BCUT2D eigenvalue weighted by molar-refractivity contribution is 9.10. The van der Waals surface area contributed by atoms with Crippen molar-refractivity contribution in [1.29, 1.82) is 0 Å². The van der Waals surface area contributed by atoms with Gasteiger partial charge in [-0.25, -0.2) is 45.1 Å². The molecule has 148 heavy (non-hydrogen) atoms. The van der Waals surface area contributed by atoms with Crippen molar-refractivity contribution in [2.24, 2.45) is 0 Å². The predicted octanol–water partition coefficient (Wildman–Crippen LogP) is 20.9. The summed E-state index contributed by atoms with van der Waals surface area (Å²) < 4.78 is 114. The van der Waals surface area contributed by atoms with Crippen molar-refractivity contribution in [2.45, 2.75) is 76.3 Å². The number of anilines is 4. The average molecular weight is 2120 g/mol. The van der Waals surface area contributed by atoms with Crippen molar-refractivity contribution in [3.05, 3.63) is 427 Å². The second-order valence-corrected chi connectivity index (χ2v) is 38.5. The summed E-state index contributed by atoms with van der Waals surface area (Å²) in [6.07, 6.45) is 9.61. The van der Waals surface area contributed by atoms with Gasteiger partial charge in [0.2, 0.25) is 11.8 Å². The molecule has 4 N–H and O–H groups in total. The Morgan fingerprint density at radius 3 is 0.797 bits per heavy atom. The minimum absolute atomic E-state index is 0.00488. The number of carbonyl (C=O) groups excluding carboxylic acids is 6. The Kier molecular flexibility index (Phi) is 28.1. The molecule has 4 aromatic heterocycles. The van der Waals surface area contributed by atoms with Crippen molar-refractivity contribution < 1.29 is 74.1 Å². The molecule has 12 heterocycles. The van der Waals surface area contributed by atoms with Gasteiger partial charge < -0.3 is 59.8 Å². The van der Waals surface area contributed by atoms with Gasteiger partial charge in [-0.05, 0) is 289 Å². The lowest BCUT2D eigenvalue weighted by atomic mass is 10.0. The molecule has 0 saturated carbocycles. The zero-order chi connectivity index (χ0) is 102. The number of aromatic nitrogens is 8. The summed E-state index contributed by atoms with van der Waals surface area (Å²) in [7, 11) is 0. The molecule has 12 aromatic carbocycles. The van der Waals surface area contributed by atoms with E-state index in [2.05, 4.69) is 96.6 Å². The Labute approximate surface area is 862 Å². The van der Waals surface area contributed by atoms with Gasteiger partial charge in [0.15, 0.2) is 24.9 Å². The molecule has 744 valence electrons. The van der Waals surface area contributed by atoms with Crippen LogP contribution in [0.4, 0.5) is 49.1 Å². The van der Waals surface area contributed by atoms with E-state index in [1.807, 2.05) is 103 Å². The van der Waals surface area contributed by atoms with E-state index in [9.17, 15) is 55.1 Å². The Morgan fingerprint density at radius 1 is 0.284 bits per heavy atom. The Bertz CT molecular complexity index is 6910. The first-order valence-electron chi connectivity index (χ1n) is 47.8. The molecule has 4 atom stereocenters. The first-order chi connectivity index (χ1) is 71.8. The molecule has 8 aliphatic rings. The van der Waals surface area contributed by atoms with Gasteiger partial charge in [0.25, 0.3) is 23.6 Å². The van der Waals surface area contributed by atoms with Crippen LogP contribution < -0.4 is 21.3 Å². The van der Waals surface area contributed by atoms with Crippen LogP contribution in [0, 0.1) is 34.9 Å². The first kappa shape index (κ1) is 97.8. The molecule has 0 aliphatic carbocycles. The third kappa shape index (κ3) is 21.6. The van der Waals surface area contributed by atoms with Crippen LogP contribution in [0.15, 0.2) is 325 Å². The Morgan fingerprint density at radius 2 is 0.527 bits per heavy atom. The largest absolute Gasteiger partial charge is 0.359 e. The monoisotopic (exact) mass is 2120 g/mol. The van der Waals surface area contributed by atoms with Crippen LogP contribution in [-0.2, 0) is 99.1 Å². The third-order valence-corrected chi connectivity index (χ3v) is 27.7. The van der Waals surface area contributed by atoms with Gasteiger partial charge in [-0.3, -0.25) is 28.8 Å². The van der Waals surface area contributed by atoms with E-state index in [4.69, 9.17) is 39.3 Å². The average Bonchev–Trinajstić information content (AvgIpc) is 1.63. The number of benzene rings is 12. The molecule has 4 fully saturated rings. The fraction of sp³-hybridized carbons (Fsp3) is 0.175. The third-order valence-electron chi connectivity index (χ3n) is 26.7. The second kappa shape index (κ2) is 42.4. The molecule has 6 amide bonds. The number of carbonyl (C=O) groups is 6. The van der Waals surface area contributed by atoms with Crippen molar-refractivity contribution in [3.63, 3.8) is 0 Å². The van der Waals surface area contributed by atoms with Crippen LogP contribution in [0.2, 0.25) is 0 Å². The summed E-state index contributed by atoms with van der Waals surface area (Å²) in [5.74, 6) is -2.57. The summed E-state index contributed by atoms with van der Waals surface area (Å²) in [6.45, 7) is 9.66. The van der Waals surface area contributed by atoms with Crippen LogP contribution in [0.3, 0.4) is 0 Å². The van der Waals surface area contributed by atoms with Gasteiger partial charge in [0.05, 0.1) is 35.6 Å². The highest BCUT2D eigenvalue weighted by atomic mass is 79.9. The topological polar surface area (TPSA) is 272 Å². The van der Waals surface area contributed by atoms with Crippen molar-refractivity contribution >= 4 is 90.1 Å². The molecule has 16 aromatic rings. The molecule has 8 aliphatic heterocycles. The summed E-state index contributed by atoms with van der Waals surface area (Å²) in [6, 6.07) is 76.0. The molecule has 26 nitrogen and oxygen atoms in total. The number of hydrogen-bond acceptors (Lipinski definition) is 16. The highest BCUT2D eigenvalue weighted by Crippen LogP contribution is 2.44. The second-order valence-electron chi connectivity index (χ2n) is 36.7. The van der Waals surface area contributed by atoms with Crippen LogP contribution in [0.5, 0.6) is 0 Å². The van der Waals surface area contributed by atoms with Crippen molar-refractivity contribution in [3.8, 4) is 67.8 Å². The fourth-order valence-electron chi connectivity index (χ4n) is 19.2. The molecule has 4 saturated heterocycles. The minimum Gasteiger partial charge on any atom is -0.359 e. The summed E-state index contributed by atoms with van der Waals surface area (Å²) in [4.78, 5) is 81.7. The van der Waals surface area contributed by atoms with E-state index in [1.54, 1.807) is 124 Å². The fourth-order valence-corrected chi connectivity index (χ4v) is 19.8.